The van der Waals surface area contributed by atoms with Crippen LogP contribution in [0.4, 0.5) is 13.2 Å². The molecule has 1 atom stereocenters. The summed E-state index contributed by atoms with van der Waals surface area (Å²) in [5, 5.41) is 3.28. The van der Waals surface area contributed by atoms with Crippen LogP contribution in [0.25, 0.3) is 0 Å². The van der Waals surface area contributed by atoms with Gasteiger partial charge in [-0.3, -0.25) is 4.90 Å². The highest BCUT2D eigenvalue weighted by molar-refractivity contribution is 5.85. The van der Waals surface area contributed by atoms with Gasteiger partial charge in [-0.2, -0.15) is 0 Å². The van der Waals surface area contributed by atoms with Crippen LogP contribution in [0.3, 0.4) is 0 Å². The Labute approximate surface area is 141 Å². The summed E-state index contributed by atoms with van der Waals surface area (Å²) in [5.74, 6) is -0.0744. The molecule has 1 aromatic rings. The summed E-state index contributed by atoms with van der Waals surface area (Å²) in [7, 11) is 0. The van der Waals surface area contributed by atoms with Crippen LogP contribution in [0.15, 0.2) is 24.3 Å². The number of unbranched alkanes of at least 4 members (excludes halogenated alkanes) is 1. The van der Waals surface area contributed by atoms with Gasteiger partial charge >= 0.3 is 6.36 Å². The van der Waals surface area contributed by atoms with Gasteiger partial charge in [-0.15, -0.1) is 25.6 Å². The first kappa shape index (κ1) is 20.1. The van der Waals surface area contributed by atoms with Crippen LogP contribution in [0.1, 0.15) is 37.8 Å². The molecule has 1 aliphatic rings. The van der Waals surface area contributed by atoms with E-state index in [-0.39, 0.29) is 24.2 Å². The zero-order valence-electron chi connectivity index (χ0n) is 13.2. The van der Waals surface area contributed by atoms with Crippen LogP contribution in [0.5, 0.6) is 5.75 Å². The number of rotatable bonds is 6. The number of piperazine rings is 1. The van der Waals surface area contributed by atoms with Crippen LogP contribution in [-0.2, 0) is 0 Å². The van der Waals surface area contributed by atoms with E-state index in [4.69, 9.17) is 0 Å². The van der Waals surface area contributed by atoms with Crippen molar-refractivity contribution in [3.05, 3.63) is 29.8 Å². The van der Waals surface area contributed by atoms with Crippen molar-refractivity contribution in [2.45, 2.75) is 38.6 Å². The van der Waals surface area contributed by atoms with Gasteiger partial charge in [-0.1, -0.05) is 38.0 Å². The molecule has 1 N–H and O–H groups in total. The minimum atomic E-state index is -4.66. The molecule has 1 heterocycles. The fraction of sp³-hybridized carbons (Fsp3) is 0.625. The molecule has 0 unspecified atom stereocenters. The Morgan fingerprint density at radius 3 is 2.48 bits per heavy atom. The standard InChI is InChI=1S/C16H23F3N2O.ClH/c1-2-3-7-14(21-11-9-20-10-12-21)13-6-4-5-8-15(13)22-16(17,18)19;/h4-6,8,14,20H,2-3,7,9-12H2,1H3;1H/t14-;/m0./s1. The normalized spacial score (nSPS) is 17.4. The van der Waals surface area contributed by atoms with Gasteiger partial charge in [0, 0.05) is 37.8 Å². The van der Waals surface area contributed by atoms with E-state index in [1.54, 1.807) is 18.2 Å². The van der Waals surface area contributed by atoms with Gasteiger partial charge in [0.15, 0.2) is 0 Å². The summed E-state index contributed by atoms with van der Waals surface area (Å²) >= 11 is 0. The Morgan fingerprint density at radius 1 is 1.22 bits per heavy atom. The smallest absolute Gasteiger partial charge is 0.405 e. The lowest BCUT2D eigenvalue weighted by Gasteiger charge is -2.36. The lowest BCUT2D eigenvalue weighted by atomic mass is 9.98. The summed E-state index contributed by atoms with van der Waals surface area (Å²) in [5.41, 5.74) is 0.634. The highest BCUT2D eigenvalue weighted by Gasteiger charge is 2.33. The molecule has 132 valence electrons. The highest BCUT2D eigenvalue weighted by Crippen LogP contribution is 2.35. The number of benzene rings is 1. The molecule has 0 aliphatic carbocycles. The fourth-order valence-corrected chi connectivity index (χ4v) is 2.90. The fourth-order valence-electron chi connectivity index (χ4n) is 2.90. The molecule has 23 heavy (non-hydrogen) atoms. The minimum Gasteiger partial charge on any atom is -0.405 e. The van der Waals surface area contributed by atoms with E-state index in [9.17, 15) is 13.2 Å². The first-order valence-corrected chi connectivity index (χ1v) is 7.80. The molecule has 0 spiro atoms. The van der Waals surface area contributed by atoms with Crippen LogP contribution >= 0.6 is 12.4 Å². The predicted octanol–water partition coefficient (Wildman–Crippen LogP) is 4.14. The molecule has 3 nitrogen and oxygen atoms in total. The van der Waals surface area contributed by atoms with Crippen molar-refractivity contribution in [1.82, 2.24) is 10.2 Å². The molecular weight excluding hydrogens is 329 g/mol. The molecule has 0 bridgehead atoms. The van der Waals surface area contributed by atoms with E-state index in [2.05, 4.69) is 21.9 Å². The molecule has 0 amide bonds. The Morgan fingerprint density at radius 2 is 1.87 bits per heavy atom. The molecule has 1 saturated heterocycles. The lowest BCUT2D eigenvalue weighted by Crippen LogP contribution is -2.45. The van der Waals surface area contributed by atoms with Gasteiger partial charge in [-0.05, 0) is 12.5 Å². The summed E-state index contributed by atoms with van der Waals surface area (Å²) < 4.78 is 42.1. The van der Waals surface area contributed by atoms with E-state index in [1.807, 2.05) is 0 Å². The highest BCUT2D eigenvalue weighted by atomic mass is 35.5. The van der Waals surface area contributed by atoms with Gasteiger partial charge in [0.25, 0.3) is 0 Å². The maximum Gasteiger partial charge on any atom is 0.573 e. The van der Waals surface area contributed by atoms with Gasteiger partial charge < -0.3 is 10.1 Å². The summed E-state index contributed by atoms with van der Waals surface area (Å²) in [4.78, 5) is 2.25. The molecule has 1 aliphatic heterocycles. The number of nitrogens with zero attached hydrogens (tertiary/aromatic N) is 1. The van der Waals surface area contributed by atoms with Crippen molar-refractivity contribution in [1.29, 1.82) is 0 Å². The first-order chi connectivity index (χ1) is 10.5. The maximum atomic E-state index is 12.6. The summed E-state index contributed by atoms with van der Waals surface area (Å²) in [6.45, 7) is 5.51. The number of hydrogen-bond acceptors (Lipinski definition) is 3. The van der Waals surface area contributed by atoms with Gasteiger partial charge in [0.1, 0.15) is 5.75 Å². The van der Waals surface area contributed by atoms with Crippen LogP contribution in [0.2, 0.25) is 0 Å². The van der Waals surface area contributed by atoms with E-state index in [0.717, 1.165) is 45.4 Å². The predicted molar refractivity (Wildman–Crippen MR) is 87.1 cm³/mol. The second-order valence-electron chi connectivity index (χ2n) is 5.53. The first-order valence-electron chi connectivity index (χ1n) is 7.80. The third-order valence-corrected chi connectivity index (χ3v) is 3.93. The Balaban J connectivity index is 0.00000264. The molecule has 2 rings (SSSR count). The van der Waals surface area contributed by atoms with Crippen molar-refractivity contribution in [2.75, 3.05) is 26.2 Å². The Hall–Kier alpha value is -0.980. The number of para-hydroxylation sites is 1. The van der Waals surface area contributed by atoms with E-state index < -0.39 is 6.36 Å². The molecule has 1 fully saturated rings. The van der Waals surface area contributed by atoms with E-state index >= 15 is 0 Å². The molecule has 0 saturated carbocycles. The van der Waals surface area contributed by atoms with E-state index in [1.165, 1.54) is 6.07 Å². The molecule has 1 aromatic carbocycles. The number of hydrogen-bond donors (Lipinski definition) is 1. The second-order valence-corrected chi connectivity index (χ2v) is 5.53. The lowest BCUT2D eigenvalue weighted by molar-refractivity contribution is -0.275. The number of alkyl halides is 3. The molecule has 0 aromatic heterocycles. The zero-order chi connectivity index (χ0) is 16.0. The monoisotopic (exact) mass is 352 g/mol. The van der Waals surface area contributed by atoms with Crippen LogP contribution < -0.4 is 10.1 Å². The number of nitrogens with one attached hydrogen (secondary N) is 1. The van der Waals surface area contributed by atoms with Crippen LogP contribution in [-0.4, -0.2) is 37.4 Å². The Bertz CT molecular complexity index is 465. The van der Waals surface area contributed by atoms with Gasteiger partial charge in [-0.25, -0.2) is 0 Å². The number of ether oxygens (including phenoxy) is 1. The third-order valence-electron chi connectivity index (χ3n) is 3.93. The van der Waals surface area contributed by atoms with Crippen molar-refractivity contribution < 1.29 is 17.9 Å². The average molecular weight is 353 g/mol. The van der Waals surface area contributed by atoms with Gasteiger partial charge in [0.2, 0.25) is 0 Å². The topological polar surface area (TPSA) is 24.5 Å². The van der Waals surface area contributed by atoms with Crippen LogP contribution in [0, 0.1) is 0 Å². The second kappa shape index (κ2) is 9.35. The maximum absolute atomic E-state index is 12.6. The molecular formula is C16H24ClF3N2O. The molecule has 0 radical (unpaired) electrons. The van der Waals surface area contributed by atoms with Crippen molar-refractivity contribution in [3.63, 3.8) is 0 Å². The quantitative estimate of drug-likeness (QED) is 0.832. The SMILES string of the molecule is CCCC[C@@H](c1ccccc1OC(F)(F)F)N1CCNCC1.Cl. The molecule has 7 heteroatoms. The van der Waals surface area contributed by atoms with Gasteiger partial charge in [0.05, 0.1) is 0 Å². The van der Waals surface area contributed by atoms with Crippen molar-refractivity contribution >= 4 is 12.4 Å². The van der Waals surface area contributed by atoms with Crippen molar-refractivity contribution in [3.8, 4) is 5.75 Å². The minimum absolute atomic E-state index is 0. The number of halogens is 4. The Kier molecular flexibility index (Phi) is 8.16. The third kappa shape index (κ3) is 6.20. The summed E-state index contributed by atoms with van der Waals surface area (Å²) in [6.07, 6.45) is -1.82. The summed E-state index contributed by atoms with van der Waals surface area (Å²) in [6, 6.07) is 6.49. The van der Waals surface area contributed by atoms with E-state index in [0.29, 0.717) is 5.56 Å². The average Bonchev–Trinajstić information content (AvgIpc) is 2.49. The van der Waals surface area contributed by atoms with Crippen molar-refractivity contribution in [2.24, 2.45) is 0 Å². The zero-order valence-corrected chi connectivity index (χ0v) is 14.1. The largest absolute Gasteiger partial charge is 0.573 e.